The molecule has 2 saturated heterocycles. The molecule has 0 aromatic rings. The van der Waals surface area contributed by atoms with Crippen molar-refractivity contribution in [3.63, 3.8) is 0 Å². The number of likely N-dealkylation sites (tertiary alicyclic amines) is 1. The van der Waals surface area contributed by atoms with Gasteiger partial charge in [0, 0.05) is 39.3 Å². The average molecular weight is 267 g/mol. The lowest BCUT2D eigenvalue weighted by Gasteiger charge is -2.39. The molecule has 0 aromatic heterocycles. The highest BCUT2D eigenvalue weighted by atomic mass is 16.2. The fourth-order valence-corrected chi connectivity index (χ4v) is 2.90. The fraction of sp³-hybridized carbons (Fsp3) is 0.846. The summed E-state index contributed by atoms with van der Waals surface area (Å²) in [7, 11) is 0. The Bertz CT molecular complexity index is 338. The largest absolute Gasteiger partial charge is 0.387 e. The number of piperazine rings is 1. The van der Waals surface area contributed by atoms with E-state index in [2.05, 4.69) is 11.8 Å². The van der Waals surface area contributed by atoms with Crippen molar-refractivity contribution >= 4 is 11.9 Å². The maximum atomic E-state index is 12.4. The number of nitrogens with two attached hydrogens (primary N) is 1. The van der Waals surface area contributed by atoms with Gasteiger partial charge in [-0.15, -0.1) is 0 Å². The number of amides is 2. The van der Waals surface area contributed by atoms with Gasteiger partial charge in [0.1, 0.15) is 5.84 Å². The maximum Gasteiger partial charge on any atom is 0.320 e. The van der Waals surface area contributed by atoms with Crippen LogP contribution in [-0.4, -0.2) is 72.4 Å². The van der Waals surface area contributed by atoms with E-state index in [4.69, 9.17) is 11.1 Å². The summed E-state index contributed by atoms with van der Waals surface area (Å²) in [6, 6.07) is 0.189. The third kappa shape index (κ3) is 3.83. The van der Waals surface area contributed by atoms with E-state index < -0.39 is 0 Å². The highest BCUT2D eigenvalue weighted by Crippen LogP contribution is 2.17. The summed E-state index contributed by atoms with van der Waals surface area (Å²) in [4.78, 5) is 18.5. The van der Waals surface area contributed by atoms with Gasteiger partial charge in [0.2, 0.25) is 0 Å². The predicted octanol–water partition coefficient (Wildman–Crippen LogP) is 0.392. The Morgan fingerprint density at radius 3 is 2.47 bits per heavy atom. The standard InChI is InChI=1S/C13H25N5O/c1-11-3-2-4-18(9-11)13(19)17-7-5-16(6-8-17)10-12(14)15/h11H,2-10H2,1H3,(H3,14,15). The van der Waals surface area contributed by atoms with Crippen molar-refractivity contribution in [1.82, 2.24) is 14.7 Å². The van der Waals surface area contributed by atoms with E-state index in [0.717, 1.165) is 45.7 Å². The van der Waals surface area contributed by atoms with Gasteiger partial charge in [-0.3, -0.25) is 10.3 Å². The summed E-state index contributed by atoms with van der Waals surface area (Å²) >= 11 is 0. The summed E-state index contributed by atoms with van der Waals surface area (Å²) in [5.41, 5.74) is 5.40. The van der Waals surface area contributed by atoms with Gasteiger partial charge in [-0.1, -0.05) is 6.92 Å². The van der Waals surface area contributed by atoms with E-state index in [9.17, 15) is 4.79 Å². The minimum absolute atomic E-state index is 0.189. The van der Waals surface area contributed by atoms with Crippen LogP contribution in [0.5, 0.6) is 0 Å². The van der Waals surface area contributed by atoms with E-state index in [1.165, 1.54) is 6.42 Å². The topological polar surface area (TPSA) is 76.7 Å². The Balaban J connectivity index is 1.80. The van der Waals surface area contributed by atoms with Crippen molar-refractivity contribution in [3.8, 4) is 0 Å². The van der Waals surface area contributed by atoms with Gasteiger partial charge in [0.25, 0.3) is 0 Å². The molecule has 1 atom stereocenters. The van der Waals surface area contributed by atoms with E-state index in [0.29, 0.717) is 12.5 Å². The van der Waals surface area contributed by atoms with Crippen molar-refractivity contribution in [2.75, 3.05) is 45.8 Å². The maximum absolute atomic E-state index is 12.4. The van der Waals surface area contributed by atoms with Crippen LogP contribution in [0, 0.1) is 11.3 Å². The Hall–Kier alpha value is -1.30. The number of hydrogen-bond donors (Lipinski definition) is 2. The second-order valence-electron chi connectivity index (χ2n) is 5.76. The van der Waals surface area contributed by atoms with Crippen molar-refractivity contribution in [2.24, 2.45) is 11.7 Å². The van der Waals surface area contributed by atoms with Crippen LogP contribution >= 0.6 is 0 Å². The van der Waals surface area contributed by atoms with Crippen molar-refractivity contribution in [3.05, 3.63) is 0 Å². The number of urea groups is 1. The molecule has 2 aliphatic heterocycles. The number of amidine groups is 1. The first-order chi connectivity index (χ1) is 9.06. The lowest BCUT2D eigenvalue weighted by molar-refractivity contribution is 0.105. The monoisotopic (exact) mass is 267 g/mol. The molecule has 0 aliphatic carbocycles. The van der Waals surface area contributed by atoms with Gasteiger partial charge < -0.3 is 15.5 Å². The Kier molecular flexibility index (Phi) is 4.63. The summed E-state index contributed by atoms with van der Waals surface area (Å²) in [6.45, 7) is 7.65. The number of rotatable bonds is 2. The van der Waals surface area contributed by atoms with Gasteiger partial charge in [0.05, 0.1) is 6.54 Å². The smallest absolute Gasteiger partial charge is 0.320 e. The van der Waals surface area contributed by atoms with Crippen LogP contribution in [0.1, 0.15) is 19.8 Å². The van der Waals surface area contributed by atoms with E-state index >= 15 is 0 Å². The van der Waals surface area contributed by atoms with E-state index in [1.807, 2.05) is 9.80 Å². The van der Waals surface area contributed by atoms with Crippen molar-refractivity contribution in [2.45, 2.75) is 19.8 Å². The SMILES string of the molecule is CC1CCCN(C(=O)N2CCN(CC(=N)N)CC2)C1. The van der Waals surface area contributed by atoms with Gasteiger partial charge in [0.15, 0.2) is 0 Å². The molecule has 6 heteroatoms. The van der Waals surface area contributed by atoms with Crippen LogP contribution in [0.4, 0.5) is 4.79 Å². The zero-order valence-corrected chi connectivity index (χ0v) is 11.8. The first kappa shape index (κ1) is 14.1. The summed E-state index contributed by atoms with van der Waals surface area (Å²) in [5, 5.41) is 7.30. The quantitative estimate of drug-likeness (QED) is 0.561. The number of piperidine rings is 1. The summed E-state index contributed by atoms with van der Waals surface area (Å²) < 4.78 is 0. The lowest BCUT2D eigenvalue weighted by atomic mass is 10.0. The van der Waals surface area contributed by atoms with Gasteiger partial charge >= 0.3 is 6.03 Å². The fourth-order valence-electron chi connectivity index (χ4n) is 2.90. The van der Waals surface area contributed by atoms with Crippen LogP contribution in [0.15, 0.2) is 0 Å². The van der Waals surface area contributed by atoms with E-state index in [1.54, 1.807) is 0 Å². The average Bonchev–Trinajstić information content (AvgIpc) is 2.38. The number of carbonyl (C=O) groups excluding carboxylic acids is 1. The third-order valence-electron chi connectivity index (χ3n) is 3.96. The zero-order valence-electron chi connectivity index (χ0n) is 11.8. The van der Waals surface area contributed by atoms with Crippen LogP contribution < -0.4 is 5.73 Å². The first-order valence-corrected chi connectivity index (χ1v) is 7.15. The highest BCUT2D eigenvalue weighted by Gasteiger charge is 2.27. The minimum atomic E-state index is 0.189. The van der Waals surface area contributed by atoms with E-state index in [-0.39, 0.29) is 11.9 Å². The van der Waals surface area contributed by atoms with Gasteiger partial charge in [-0.25, -0.2) is 4.79 Å². The van der Waals surface area contributed by atoms with Crippen LogP contribution in [0.25, 0.3) is 0 Å². The molecular weight excluding hydrogens is 242 g/mol. The van der Waals surface area contributed by atoms with Gasteiger partial charge in [-0.05, 0) is 18.8 Å². The van der Waals surface area contributed by atoms with Crippen molar-refractivity contribution in [1.29, 1.82) is 5.41 Å². The van der Waals surface area contributed by atoms with Crippen LogP contribution in [0.3, 0.4) is 0 Å². The third-order valence-corrected chi connectivity index (χ3v) is 3.96. The number of carbonyl (C=O) groups is 1. The second kappa shape index (κ2) is 6.23. The molecule has 0 aromatic carbocycles. The molecule has 19 heavy (non-hydrogen) atoms. The first-order valence-electron chi connectivity index (χ1n) is 7.15. The molecule has 6 nitrogen and oxygen atoms in total. The molecule has 0 bridgehead atoms. The summed E-state index contributed by atoms with van der Waals surface area (Å²) in [6.07, 6.45) is 2.35. The number of hydrogen-bond acceptors (Lipinski definition) is 3. The van der Waals surface area contributed by atoms with Crippen LogP contribution in [-0.2, 0) is 0 Å². The number of nitrogens with one attached hydrogen (secondary N) is 1. The molecule has 2 heterocycles. The normalized spacial score (nSPS) is 25.4. The highest BCUT2D eigenvalue weighted by molar-refractivity contribution is 5.79. The Morgan fingerprint density at radius 1 is 1.21 bits per heavy atom. The van der Waals surface area contributed by atoms with Crippen LogP contribution in [0.2, 0.25) is 0 Å². The molecule has 2 aliphatic rings. The summed E-state index contributed by atoms with van der Waals surface area (Å²) in [5.74, 6) is 0.821. The molecule has 2 amide bonds. The molecule has 0 spiro atoms. The van der Waals surface area contributed by atoms with Crippen molar-refractivity contribution < 1.29 is 4.79 Å². The number of nitrogens with zero attached hydrogens (tertiary/aromatic N) is 3. The molecule has 108 valence electrons. The second-order valence-corrected chi connectivity index (χ2v) is 5.76. The Labute approximate surface area is 115 Å². The Morgan fingerprint density at radius 2 is 1.89 bits per heavy atom. The molecular formula is C13H25N5O. The molecule has 1 unspecified atom stereocenters. The molecule has 2 rings (SSSR count). The van der Waals surface area contributed by atoms with Gasteiger partial charge in [-0.2, -0.15) is 0 Å². The molecule has 3 N–H and O–H groups in total. The molecule has 0 saturated carbocycles. The minimum Gasteiger partial charge on any atom is -0.387 e. The predicted molar refractivity (Wildman–Crippen MR) is 75.3 cm³/mol. The zero-order chi connectivity index (χ0) is 13.8. The molecule has 0 radical (unpaired) electrons. The molecule has 2 fully saturated rings. The lowest BCUT2D eigenvalue weighted by Crippen LogP contribution is -2.55.